The van der Waals surface area contributed by atoms with Crippen LogP contribution >= 0.6 is 0 Å². The molecule has 0 aliphatic carbocycles. The van der Waals surface area contributed by atoms with Crippen molar-refractivity contribution in [1.29, 1.82) is 0 Å². The van der Waals surface area contributed by atoms with Crippen molar-refractivity contribution in [3.63, 3.8) is 0 Å². The monoisotopic (exact) mass is 323 g/mol. The molecule has 2 aromatic rings. The van der Waals surface area contributed by atoms with E-state index in [1.54, 1.807) is 0 Å². The molecule has 1 atom stereocenters. The molecule has 0 saturated carbocycles. The molecule has 0 radical (unpaired) electrons. The highest BCUT2D eigenvalue weighted by atomic mass is 16.2. The van der Waals surface area contributed by atoms with Crippen LogP contribution in [0, 0.1) is 0 Å². The summed E-state index contributed by atoms with van der Waals surface area (Å²) in [6, 6.07) is 20.2. The van der Waals surface area contributed by atoms with Crippen LogP contribution in [0.5, 0.6) is 0 Å². The zero-order chi connectivity index (χ0) is 16.8. The lowest BCUT2D eigenvalue weighted by Gasteiger charge is -2.35. The Morgan fingerprint density at radius 1 is 1.04 bits per heavy atom. The van der Waals surface area contributed by atoms with Gasteiger partial charge in [-0.15, -0.1) is 0 Å². The van der Waals surface area contributed by atoms with E-state index in [4.69, 9.17) is 0 Å². The molecule has 1 aliphatic heterocycles. The van der Waals surface area contributed by atoms with Crippen LogP contribution in [-0.4, -0.2) is 42.4 Å². The van der Waals surface area contributed by atoms with Crippen molar-refractivity contribution in [3.05, 3.63) is 66.2 Å². The minimum atomic E-state index is 0.0128. The van der Waals surface area contributed by atoms with Crippen LogP contribution in [-0.2, 0) is 4.79 Å². The Balaban J connectivity index is 1.70. The fourth-order valence-corrected chi connectivity index (χ4v) is 3.29. The highest BCUT2D eigenvalue weighted by Crippen LogP contribution is 2.27. The van der Waals surface area contributed by atoms with Gasteiger partial charge in [0.2, 0.25) is 5.91 Å². The summed E-state index contributed by atoms with van der Waals surface area (Å²) in [5.74, 6) is 0.0969. The van der Waals surface area contributed by atoms with Crippen molar-refractivity contribution in [1.82, 2.24) is 9.80 Å². The number of hydrogen-bond donors (Lipinski definition) is 1. The predicted octanol–water partition coefficient (Wildman–Crippen LogP) is 3.35. The molecule has 24 heavy (non-hydrogen) atoms. The van der Waals surface area contributed by atoms with Gasteiger partial charge in [0.15, 0.2) is 0 Å². The van der Waals surface area contributed by atoms with Gasteiger partial charge in [-0.2, -0.15) is 0 Å². The number of para-hydroxylation sites is 1. The van der Waals surface area contributed by atoms with Crippen molar-refractivity contribution in [2.24, 2.45) is 0 Å². The zero-order valence-corrected chi connectivity index (χ0v) is 14.2. The minimum absolute atomic E-state index is 0.0128. The van der Waals surface area contributed by atoms with E-state index in [9.17, 15) is 4.79 Å². The molecule has 0 spiro atoms. The van der Waals surface area contributed by atoms with E-state index < -0.39 is 0 Å². The summed E-state index contributed by atoms with van der Waals surface area (Å²) >= 11 is 0. The van der Waals surface area contributed by atoms with Crippen molar-refractivity contribution < 1.29 is 4.79 Å². The fourth-order valence-electron chi connectivity index (χ4n) is 3.29. The third-order valence-electron chi connectivity index (χ3n) is 4.56. The Labute approximate surface area is 144 Å². The van der Waals surface area contributed by atoms with E-state index in [0.717, 1.165) is 18.8 Å². The number of rotatable bonds is 6. The Hall–Kier alpha value is -2.33. The summed E-state index contributed by atoms with van der Waals surface area (Å²) < 4.78 is 0. The number of nitrogens with one attached hydrogen (secondary N) is 1. The molecule has 0 bridgehead atoms. The molecule has 1 fully saturated rings. The Bertz CT molecular complexity index is 638. The van der Waals surface area contributed by atoms with Crippen molar-refractivity contribution in [3.8, 4) is 0 Å². The summed E-state index contributed by atoms with van der Waals surface area (Å²) in [6.07, 6.45) is 2.42. The van der Waals surface area contributed by atoms with E-state index in [-0.39, 0.29) is 12.1 Å². The highest BCUT2D eigenvalue weighted by Gasteiger charge is 2.29. The van der Waals surface area contributed by atoms with Gasteiger partial charge in [0.1, 0.15) is 6.17 Å². The normalized spacial score (nSPS) is 15.9. The fraction of sp³-hybridized carbons (Fsp3) is 0.350. The lowest BCUT2D eigenvalue weighted by Crippen LogP contribution is -2.43. The van der Waals surface area contributed by atoms with E-state index in [2.05, 4.69) is 22.3 Å². The second-order valence-corrected chi connectivity index (χ2v) is 6.25. The van der Waals surface area contributed by atoms with Gasteiger partial charge >= 0.3 is 0 Å². The molecule has 126 valence electrons. The first-order valence-corrected chi connectivity index (χ1v) is 8.59. The molecule has 4 nitrogen and oxygen atoms in total. The Morgan fingerprint density at radius 2 is 1.62 bits per heavy atom. The molecule has 0 unspecified atom stereocenters. The van der Waals surface area contributed by atoms with E-state index in [1.165, 1.54) is 18.4 Å². The molecule has 2 aromatic carbocycles. The van der Waals surface area contributed by atoms with Crippen LogP contribution in [0.3, 0.4) is 0 Å². The van der Waals surface area contributed by atoms with Crippen LogP contribution < -0.4 is 5.32 Å². The van der Waals surface area contributed by atoms with Gasteiger partial charge in [-0.1, -0.05) is 48.5 Å². The van der Waals surface area contributed by atoms with Crippen LogP contribution in [0.25, 0.3) is 0 Å². The number of anilines is 1. The summed E-state index contributed by atoms with van der Waals surface area (Å²) in [5.41, 5.74) is 2.15. The third-order valence-corrected chi connectivity index (χ3v) is 4.56. The van der Waals surface area contributed by atoms with Crippen molar-refractivity contribution >= 4 is 11.6 Å². The third kappa shape index (κ3) is 3.95. The Kier molecular flexibility index (Phi) is 5.49. The van der Waals surface area contributed by atoms with Crippen LogP contribution in [0.1, 0.15) is 24.6 Å². The summed E-state index contributed by atoms with van der Waals surface area (Å²) in [7, 11) is 1.91. The zero-order valence-electron chi connectivity index (χ0n) is 14.2. The second kappa shape index (κ2) is 7.97. The van der Waals surface area contributed by atoms with E-state index in [1.807, 2.05) is 60.5 Å². The molecule has 1 N–H and O–H groups in total. The minimum Gasteiger partial charge on any atom is -0.376 e. The Morgan fingerprint density at radius 3 is 2.25 bits per heavy atom. The van der Waals surface area contributed by atoms with Crippen LogP contribution in [0.2, 0.25) is 0 Å². The maximum atomic E-state index is 12.7. The largest absolute Gasteiger partial charge is 0.376 e. The lowest BCUT2D eigenvalue weighted by molar-refractivity contribution is -0.133. The van der Waals surface area contributed by atoms with Crippen LogP contribution in [0.15, 0.2) is 60.7 Å². The number of amides is 1. The molecule has 3 rings (SSSR count). The van der Waals surface area contributed by atoms with Gasteiger partial charge in [-0.05, 0) is 30.5 Å². The topological polar surface area (TPSA) is 35.6 Å². The maximum absolute atomic E-state index is 12.7. The first-order chi connectivity index (χ1) is 11.8. The number of carbonyl (C=O) groups is 1. The van der Waals surface area contributed by atoms with Gasteiger partial charge in [0, 0.05) is 25.8 Å². The molecular formula is C20H25N3O. The number of likely N-dealkylation sites (tertiary alicyclic amines) is 1. The maximum Gasteiger partial charge on any atom is 0.243 e. The quantitative estimate of drug-likeness (QED) is 0.885. The first-order valence-electron chi connectivity index (χ1n) is 8.59. The average molecular weight is 323 g/mol. The molecule has 1 aliphatic rings. The van der Waals surface area contributed by atoms with E-state index in [0.29, 0.717) is 6.54 Å². The SMILES string of the molecule is CN(C(=O)CNc1ccccc1)[C@@H](c1ccccc1)N1CCCC1. The number of likely N-dealkylation sites (N-methyl/N-ethyl adjacent to an activating group) is 1. The van der Waals surface area contributed by atoms with Crippen LogP contribution in [0.4, 0.5) is 5.69 Å². The second-order valence-electron chi connectivity index (χ2n) is 6.25. The number of nitrogens with zero attached hydrogens (tertiary/aromatic N) is 2. The highest BCUT2D eigenvalue weighted by molar-refractivity contribution is 5.81. The lowest BCUT2D eigenvalue weighted by atomic mass is 10.1. The average Bonchev–Trinajstić information content (AvgIpc) is 3.16. The van der Waals surface area contributed by atoms with Crippen molar-refractivity contribution in [2.45, 2.75) is 19.0 Å². The molecule has 1 heterocycles. The molecular weight excluding hydrogens is 298 g/mol. The molecule has 4 heteroatoms. The number of carbonyl (C=O) groups excluding carboxylic acids is 1. The molecule has 0 aromatic heterocycles. The summed E-state index contributed by atoms with van der Waals surface area (Å²) in [5, 5.41) is 3.21. The molecule has 1 amide bonds. The summed E-state index contributed by atoms with van der Waals surface area (Å²) in [6.45, 7) is 2.39. The number of hydrogen-bond acceptors (Lipinski definition) is 3. The molecule has 1 saturated heterocycles. The van der Waals surface area contributed by atoms with Gasteiger partial charge in [-0.25, -0.2) is 0 Å². The predicted molar refractivity (Wildman–Crippen MR) is 97.7 cm³/mol. The first kappa shape index (κ1) is 16.5. The van der Waals surface area contributed by atoms with Crippen molar-refractivity contribution in [2.75, 3.05) is 32.0 Å². The summed E-state index contributed by atoms with van der Waals surface area (Å²) in [4.78, 5) is 17.0. The van der Waals surface area contributed by atoms with E-state index >= 15 is 0 Å². The van der Waals surface area contributed by atoms with Gasteiger partial charge in [0.05, 0.1) is 6.54 Å². The smallest absolute Gasteiger partial charge is 0.243 e. The van der Waals surface area contributed by atoms with Gasteiger partial charge < -0.3 is 10.2 Å². The van der Waals surface area contributed by atoms with Gasteiger partial charge in [0.25, 0.3) is 0 Å². The van der Waals surface area contributed by atoms with Gasteiger partial charge in [-0.3, -0.25) is 9.69 Å². The standard InChI is InChI=1S/C20H25N3O/c1-22(19(24)16-21-18-12-6-3-7-13-18)20(23-14-8-9-15-23)17-10-4-2-5-11-17/h2-7,10-13,20-21H,8-9,14-16H2,1H3/t20-/m1/s1. The number of benzene rings is 2.